The van der Waals surface area contributed by atoms with Crippen molar-refractivity contribution in [1.82, 2.24) is 0 Å². The maximum Gasteiger partial charge on any atom is 0.338 e. The molecule has 2 rings (SSSR count). The van der Waals surface area contributed by atoms with Crippen LogP contribution in [-0.2, 0) is 16.0 Å². The van der Waals surface area contributed by atoms with Gasteiger partial charge >= 0.3 is 5.97 Å². The van der Waals surface area contributed by atoms with E-state index >= 15 is 0 Å². The fourth-order valence-corrected chi connectivity index (χ4v) is 1.99. The number of hydrogen-bond acceptors (Lipinski definition) is 4. The summed E-state index contributed by atoms with van der Waals surface area (Å²) in [5.74, 6) is -0.397. The number of aryl methyl sites for hydroxylation is 1. The van der Waals surface area contributed by atoms with Gasteiger partial charge in [0.2, 0.25) is 0 Å². The molecule has 0 unspecified atom stereocenters. The van der Waals surface area contributed by atoms with Gasteiger partial charge in [-0.1, -0.05) is 25.1 Å². The standard InChI is InChI=1S/C18H19NO4/c1-3-13-7-9-15(10-8-13)19-17(20)12-23-18(21)14-5-4-6-16(11-14)22-2/h4-11H,3,12H2,1-2H3,(H,19,20). The zero-order valence-electron chi connectivity index (χ0n) is 13.2. The first-order valence-electron chi connectivity index (χ1n) is 7.32. The van der Waals surface area contributed by atoms with E-state index < -0.39 is 5.97 Å². The molecule has 2 aromatic rings. The summed E-state index contributed by atoms with van der Waals surface area (Å²) in [7, 11) is 1.52. The quantitative estimate of drug-likeness (QED) is 0.833. The maximum atomic E-state index is 11.9. The van der Waals surface area contributed by atoms with Crippen molar-refractivity contribution in [2.75, 3.05) is 19.0 Å². The number of rotatable bonds is 6. The van der Waals surface area contributed by atoms with E-state index in [1.54, 1.807) is 24.3 Å². The molecular weight excluding hydrogens is 294 g/mol. The second-order valence-electron chi connectivity index (χ2n) is 4.91. The van der Waals surface area contributed by atoms with Crippen molar-refractivity contribution in [3.05, 3.63) is 59.7 Å². The van der Waals surface area contributed by atoms with E-state index in [0.717, 1.165) is 6.42 Å². The summed E-state index contributed by atoms with van der Waals surface area (Å²) in [6.45, 7) is 1.72. The summed E-state index contributed by atoms with van der Waals surface area (Å²) >= 11 is 0. The first kappa shape index (κ1) is 16.5. The van der Waals surface area contributed by atoms with E-state index in [0.29, 0.717) is 17.0 Å². The number of methoxy groups -OCH3 is 1. The van der Waals surface area contributed by atoms with Crippen molar-refractivity contribution in [3.63, 3.8) is 0 Å². The molecule has 120 valence electrons. The Balaban J connectivity index is 1.86. The summed E-state index contributed by atoms with van der Waals surface area (Å²) in [6.07, 6.45) is 0.937. The van der Waals surface area contributed by atoms with Crippen molar-refractivity contribution in [1.29, 1.82) is 0 Å². The molecule has 0 aliphatic carbocycles. The topological polar surface area (TPSA) is 64.6 Å². The van der Waals surface area contributed by atoms with Crippen molar-refractivity contribution in [2.45, 2.75) is 13.3 Å². The molecule has 1 N–H and O–H groups in total. The van der Waals surface area contributed by atoms with Gasteiger partial charge in [-0.3, -0.25) is 4.79 Å². The molecule has 0 atom stereocenters. The second kappa shape index (κ2) is 7.98. The van der Waals surface area contributed by atoms with E-state index in [2.05, 4.69) is 12.2 Å². The fourth-order valence-electron chi connectivity index (χ4n) is 1.99. The minimum absolute atomic E-state index is 0.337. The van der Waals surface area contributed by atoms with Gasteiger partial charge in [0.1, 0.15) is 5.75 Å². The lowest BCUT2D eigenvalue weighted by Crippen LogP contribution is -2.20. The third-order valence-electron chi connectivity index (χ3n) is 3.29. The van der Waals surface area contributed by atoms with Crippen LogP contribution >= 0.6 is 0 Å². The number of nitrogens with one attached hydrogen (secondary N) is 1. The molecule has 5 nitrogen and oxygen atoms in total. The number of benzene rings is 2. The van der Waals surface area contributed by atoms with Crippen LogP contribution in [0.3, 0.4) is 0 Å². The largest absolute Gasteiger partial charge is 0.497 e. The van der Waals surface area contributed by atoms with Crippen LogP contribution in [0.15, 0.2) is 48.5 Å². The van der Waals surface area contributed by atoms with Gasteiger partial charge < -0.3 is 14.8 Å². The van der Waals surface area contributed by atoms with Crippen LogP contribution in [0, 0.1) is 0 Å². The minimum atomic E-state index is -0.569. The Morgan fingerprint density at radius 1 is 1.09 bits per heavy atom. The van der Waals surface area contributed by atoms with Crippen LogP contribution in [0.2, 0.25) is 0 Å². The molecule has 0 radical (unpaired) electrons. The number of esters is 1. The van der Waals surface area contributed by atoms with Gasteiger partial charge in [-0.2, -0.15) is 0 Å². The number of hydrogen-bond donors (Lipinski definition) is 1. The number of carbonyl (C=O) groups is 2. The van der Waals surface area contributed by atoms with E-state index in [4.69, 9.17) is 9.47 Å². The van der Waals surface area contributed by atoms with Crippen LogP contribution in [0.4, 0.5) is 5.69 Å². The summed E-state index contributed by atoms with van der Waals surface area (Å²) < 4.78 is 10.0. The fraction of sp³-hybridized carbons (Fsp3) is 0.222. The highest BCUT2D eigenvalue weighted by Crippen LogP contribution is 2.13. The molecule has 0 aromatic heterocycles. The molecule has 23 heavy (non-hydrogen) atoms. The van der Waals surface area contributed by atoms with E-state index in [-0.39, 0.29) is 12.5 Å². The molecule has 0 fully saturated rings. The first-order chi connectivity index (χ1) is 11.1. The third-order valence-corrected chi connectivity index (χ3v) is 3.29. The minimum Gasteiger partial charge on any atom is -0.497 e. The predicted octanol–water partition coefficient (Wildman–Crippen LogP) is 3.05. The molecular formula is C18H19NO4. The van der Waals surface area contributed by atoms with E-state index in [1.807, 2.05) is 24.3 Å². The number of carbonyl (C=O) groups excluding carboxylic acids is 2. The molecule has 2 aromatic carbocycles. The summed E-state index contributed by atoms with van der Waals surface area (Å²) in [4.78, 5) is 23.7. The third kappa shape index (κ3) is 4.85. The van der Waals surface area contributed by atoms with Crippen LogP contribution in [0.1, 0.15) is 22.8 Å². The number of amides is 1. The lowest BCUT2D eigenvalue weighted by Gasteiger charge is -2.08. The Labute approximate surface area is 135 Å². The van der Waals surface area contributed by atoms with Crippen LogP contribution in [0.5, 0.6) is 5.75 Å². The van der Waals surface area contributed by atoms with Gasteiger partial charge in [-0.15, -0.1) is 0 Å². The summed E-state index contributed by atoms with van der Waals surface area (Å²) in [5, 5.41) is 2.68. The van der Waals surface area contributed by atoms with Crippen LogP contribution in [0.25, 0.3) is 0 Å². The van der Waals surface area contributed by atoms with Crippen LogP contribution in [-0.4, -0.2) is 25.6 Å². The van der Waals surface area contributed by atoms with Gasteiger partial charge in [0, 0.05) is 5.69 Å². The van der Waals surface area contributed by atoms with Gasteiger partial charge in [-0.25, -0.2) is 4.79 Å². The SMILES string of the molecule is CCc1ccc(NC(=O)COC(=O)c2cccc(OC)c2)cc1. The first-order valence-corrected chi connectivity index (χ1v) is 7.32. The lowest BCUT2D eigenvalue weighted by molar-refractivity contribution is -0.119. The molecule has 0 heterocycles. The lowest BCUT2D eigenvalue weighted by atomic mass is 10.1. The van der Waals surface area contributed by atoms with E-state index in [1.165, 1.54) is 12.7 Å². The molecule has 0 aliphatic heterocycles. The predicted molar refractivity (Wildman–Crippen MR) is 87.7 cm³/mol. The van der Waals surface area contributed by atoms with Crippen molar-refractivity contribution < 1.29 is 19.1 Å². The van der Waals surface area contributed by atoms with Gasteiger partial charge in [0.15, 0.2) is 6.61 Å². The molecule has 0 saturated carbocycles. The average Bonchev–Trinajstić information content (AvgIpc) is 2.60. The maximum absolute atomic E-state index is 11.9. The highest BCUT2D eigenvalue weighted by molar-refractivity contribution is 5.95. The summed E-state index contributed by atoms with van der Waals surface area (Å²) in [5.41, 5.74) is 2.20. The van der Waals surface area contributed by atoms with Gasteiger partial charge in [0.25, 0.3) is 5.91 Å². The molecule has 0 saturated heterocycles. The smallest absolute Gasteiger partial charge is 0.338 e. The molecule has 5 heteroatoms. The normalized spacial score (nSPS) is 10.0. The zero-order chi connectivity index (χ0) is 16.7. The molecule has 0 bridgehead atoms. The number of anilines is 1. The highest BCUT2D eigenvalue weighted by Gasteiger charge is 2.11. The Kier molecular flexibility index (Phi) is 5.74. The van der Waals surface area contributed by atoms with Crippen molar-refractivity contribution in [2.24, 2.45) is 0 Å². The Bertz CT molecular complexity index is 680. The van der Waals surface area contributed by atoms with Gasteiger partial charge in [0.05, 0.1) is 12.7 Å². The molecule has 0 aliphatic rings. The van der Waals surface area contributed by atoms with Gasteiger partial charge in [-0.05, 0) is 42.3 Å². The monoisotopic (exact) mass is 313 g/mol. The molecule has 1 amide bonds. The molecule has 0 spiro atoms. The van der Waals surface area contributed by atoms with Crippen molar-refractivity contribution >= 4 is 17.6 Å². The Morgan fingerprint density at radius 3 is 2.48 bits per heavy atom. The van der Waals surface area contributed by atoms with E-state index in [9.17, 15) is 9.59 Å². The number of ether oxygens (including phenoxy) is 2. The summed E-state index contributed by atoms with van der Waals surface area (Å²) in [6, 6.07) is 14.1. The van der Waals surface area contributed by atoms with Crippen LogP contribution < -0.4 is 10.1 Å². The highest BCUT2D eigenvalue weighted by atomic mass is 16.5. The zero-order valence-corrected chi connectivity index (χ0v) is 13.2. The Hall–Kier alpha value is -2.82. The Morgan fingerprint density at radius 2 is 1.83 bits per heavy atom. The average molecular weight is 313 g/mol. The van der Waals surface area contributed by atoms with Crippen molar-refractivity contribution in [3.8, 4) is 5.75 Å². The second-order valence-corrected chi connectivity index (χ2v) is 4.91.